The Balaban J connectivity index is 2.74. The van der Waals surface area contributed by atoms with Crippen molar-refractivity contribution in [3.63, 3.8) is 0 Å². The van der Waals surface area contributed by atoms with E-state index in [1.807, 2.05) is 0 Å². The molecule has 100 valence electrons. The number of rotatable bonds is 3. The minimum atomic E-state index is -4.56. The van der Waals surface area contributed by atoms with Crippen LogP contribution in [0, 0.1) is 0 Å². The molecule has 3 nitrogen and oxygen atoms in total. The van der Waals surface area contributed by atoms with E-state index >= 15 is 0 Å². The molecule has 0 atom stereocenters. The van der Waals surface area contributed by atoms with Crippen LogP contribution in [0.2, 0.25) is 0 Å². The van der Waals surface area contributed by atoms with Gasteiger partial charge in [-0.1, -0.05) is 30.3 Å². The van der Waals surface area contributed by atoms with E-state index in [4.69, 9.17) is 0 Å². The molecule has 2 rings (SSSR count). The lowest BCUT2D eigenvalue weighted by atomic mass is 10.1. The lowest BCUT2D eigenvalue weighted by molar-refractivity contribution is -0.143. The van der Waals surface area contributed by atoms with Gasteiger partial charge in [0.2, 0.25) is 0 Å². The summed E-state index contributed by atoms with van der Waals surface area (Å²) in [5.41, 5.74) is -0.759. The molecule has 0 spiro atoms. The number of carbonyl (C=O) groups excluding carboxylic acids is 1. The van der Waals surface area contributed by atoms with Crippen molar-refractivity contribution in [3.05, 3.63) is 41.9 Å². The molecule has 0 aliphatic rings. The summed E-state index contributed by atoms with van der Waals surface area (Å²) in [6.07, 6.45) is -4.22. The maximum atomic E-state index is 13.2. The molecule has 0 fully saturated rings. The molecule has 0 saturated carbocycles. The highest BCUT2D eigenvalue weighted by Crippen LogP contribution is 2.37. The molecule has 0 bridgehead atoms. The van der Waals surface area contributed by atoms with E-state index in [1.54, 1.807) is 25.1 Å². The van der Waals surface area contributed by atoms with Gasteiger partial charge in [0.15, 0.2) is 17.8 Å². The van der Waals surface area contributed by atoms with Crippen molar-refractivity contribution in [1.82, 2.24) is 9.55 Å². The second-order valence-corrected chi connectivity index (χ2v) is 3.89. The molecule has 1 aromatic heterocycles. The van der Waals surface area contributed by atoms with Crippen LogP contribution in [0.15, 0.2) is 30.3 Å². The molecular formula is C13H11F3N2O. The Morgan fingerprint density at radius 1 is 1.26 bits per heavy atom. The number of hydrogen-bond acceptors (Lipinski definition) is 2. The van der Waals surface area contributed by atoms with Gasteiger partial charge in [0, 0.05) is 12.1 Å². The van der Waals surface area contributed by atoms with Crippen molar-refractivity contribution in [3.8, 4) is 11.3 Å². The summed E-state index contributed by atoms with van der Waals surface area (Å²) in [6.45, 7) is 1.57. The predicted octanol–water partition coefficient (Wildman–Crippen LogP) is 3.40. The van der Waals surface area contributed by atoms with Crippen molar-refractivity contribution in [2.24, 2.45) is 0 Å². The fourth-order valence-electron chi connectivity index (χ4n) is 1.96. The van der Waals surface area contributed by atoms with Gasteiger partial charge in [-0.2, -0.15) is 13.2 Å². The minimum Gasteiger partial charge on any atom is -0.318 e. The van der Waals surface area contributed by atoms with Crippen LogP contribution >= 0.6 is 0 Å². The van der Waals surface area contributed by atoms with E-state index in [9.17, 15) is 18.0 Å². The summed E-state index contributed by atoms with van der Waals surface area (Å²) >= 11 is 0. The summed E-state index contributed by atoms with van der Waals surface area (Å²) in [7, 11) is 0. The van der Waals surface area contributed by atoms with Crippen molar-refractivity contribution >= 4 is 6.29 Å². The molecule has 6 heteroatoms. The Morgan fingerprint density at radius 3 is 2.37 bits per heavy atom. The number of halogens is 3. The summed E-state index contributed by atoms with van der Waals surface area (Å²) in [5.74, 6) is -0.214. The molecule has 0 amide bonds. The predicted molar refractivity (Wildman–Crippen MR) is 63.7 cm³/mol. The van der Waals surface area contributed by atoms with Crippen LogP contribution < -0.4 is 0 Å². The highest BCUT2D eigenvalue weighted by atomic mass is 19.4. The van der Waals surface area contributed by atoms with Gasteiger partial charge >= 0.3 is 6.18 Å². The average Bonchev–Trinajstić information content (AvgIpc) is 2.78. The van der Waals surface area contributed by atoms with Gasteiger partial charge in [-0.05, 0) is 6.92 Å². The second kappa shape index (κ2) is 4.87. The van der Waals surface area contributed by atoms with Crippen molar-refractivity contribution in [2.45, 2.75) is 19.6 Å². The number of carbonyl (C=O) groups is 1. The third-order valence-electron chi connectivity index (χ3n) is 2.73. The van der Waals surface area contributed by atoms with Gasteiger partial charge in [0.05, 0.1) is 0 Å². The van der Waals surface area contributed by atoms with Gasteiger partial charge in [-0.25, -0.2) is 4.98 Å². The third kappa shape index (κ3) is 2.38. The Morgan fingerprint density at radius 2 is 1.89 bits per heavy atom. The Labute approximate surface area is 107 Å². The van der Waals surface area contributed by atoms with Crippen LogP contribution in [0.25, 0.3) is 11.3 Å². The van der Waals surface area contributed by atoms with Gasteiger partial charge in [0.1, 0.15) is 5.69 Å². The number of aromatic nitrogens is 2. The number of alkyl halides is 3. The van der Waals surface area contributed by atoms with E-state index in [2.05, 4.69) is 4.98 Å². The lowest BCUT2D eigenvalue weighted by Gasteiger charge is -2.12. The molecule has 0 unspecified atom stereocenters. The van der Waals surface area contributed by atoms with E-state index in [-0.39, 0.29) is 18.1 Å². The van der Waals surface area contributed by atoms with Gasteiger partial charge in [-0.15, -0.1) is 0 Å². The first-order valence-corrected chi connectivity index (χ1v) is 5.67. The van der Waals surface area contributed by atoms with Gasteiger partial charge in [-0.3, -0.25) is 4.79 Å². The maximum Gasteiger partial charge on any atom is 0.433 e. The van der Waals surface area contributed by atoms with Crippen LogP contribution in [-0.4, -0.2) is 15.8 Å². The van der Waals surface area contributed by atoms with Crippen LogP contribution in [-0.2, 0) is 12.7 Å². The molecule has 0 saturated heterocycles. The smallest absolute Gasteiger partial charge is 0.318 e. The first-order chi connectivity index (χ1) is 8.99. The zero-order valence-electron chi connectivity index (χ0n) is 10.1. The molecule has 0 N–H and O–H groups in total. The van der Waals surface area contributed by atoms with Crippen molar-refractivity contribution < 1.29 is 18.0 Å². The average molecular weight is 268 g/mol. The van der Waals surface area contributed by atoms with E-state index in [1.165, 1.54) is 12.1 Å². The minimum absolute atomic E-state index is 0.0305. The quantitative estimate of drug-likeness (QED) is 0.800. The van der Waals surface area contributed by atoms with Crippen molar-refractivity contribution in [1.29, 1.82) is 0 Å². The SMILES string of the molecule is CCn1c(C=O)nc(-c2ccccc2)c1C(F)(F)F. The van der Waals surface area contributed by atoms with Gasteiger partial charge in [0.25, 0.3) is 0 Å². The summed E-state index contributed by atoms with van der Waals surface area (Å²) in [6, 6.07) is 8.02. The largest absolute Gasteiger partial charge is 0.433 e. The number of imidazole rings is 1. The fraction of sp³-hybridized carbons (Fsp3) is 0.231. The van der Waals surface area contributed by atoms with Crippen molar-refractivity contribution in [2.75, 3.05) is 0 Å². The Bertz CT molecular complexity index is 588. The number of hydrogen-bond donors (Lipinski definition) is 0. The van der Waals surface area contributed by atoms with Gasteiger partial charge < -0.3 is 4.57 Å². The first kappa shape index (κ1) is 13.3. The Kier molecular flexibility index (Phi) is 3.42. The Hall–Kier alpha value is -2.11. The van der Waals surface area contributed by atoms with E-state index in [0.29, 0.717) is 11.8 Å². The highest BCUT2D eigenvalue weighted by molar-refractivity contribution is 5.74. The number of aldehydes is 1. The molecule has 2 aromatic rings. The second-order valence-electron chi connectivity index (χ2n) is 3.89. The monoisotopic (exact) mass is 268 g/mol. The third-order valence-corrected chi connectivity index (χ3v) is 2.73. The molecule has 1 heterocycles. The normalized spacial score (nSPS) is 11.6. The topological polar surface area (TPSA) is 34.9 Å². The van der Waals surface area contributed by atoms with Crippen LogP contribution in [0.5, 0.6) is 0 Å². The lowest BCUT2D eigenvalue weighted by Crippen LogP contribution is -2.15. The summed E-state index contributed by atoms with van der Waals surface area (Å²) in [4.78, 5) is 14.7. The number of nitrogens with zero attached hydrogens (tertiary/aromatic N) is 2. The molecule has 0 radical (unpaired) electrons. The molecular weight excluding hydrogens is 257 g/mol. The summed E-state index contributed by atoms with van der Waals surface area (Å²) < 4.78 is 40.3. The first-order valence-electron chi connectivity index (χ1n) is 5.67. The van der Waals surface area contributed by atoms with Crippen LogP contribution in [0.4, 0.5) is 13.2 Å². The van der Waals surface area contributed by atoms with E-state index < -0.39 is 11.9 Å². The standard InChI is InChI=1S/C13H11F3N2O/c1-2-18-10(8-19)17-11(12(18)13(14,15)16)9-6-4-3-5-7-9/h3-8H,2H2,1H3. The molecule has 0 aliphatic heterocycles. The summed E-state index contributed by atoms with van der Waals surface area (Å²) in [5, 5.41) is 0. The molecule has 1 aromatic carbocycles. The van der Waals surface area contributed by atoms with Crippen LogP contribution in [0.1, 0.15) is 23.2 Å². The van der Waals surface area contributed by atoms with E-state index in [0.717, 1.165) is 4.57 Å². The number of benzene rings is 1. The molecule has 0 aliphatic carbocycles. The van der Waals surface area contributed by atoms with Crippen LogP contribution in [0.3, 0.4) is 0 Å². The molecule has 19 heavy (non-hydrogen) atoms. The highest BCUT2D eigenvalue weighted by Gasteiger charge is 2.39. The maximum absolute atomic E-state index is 13.2. The zero-order valence-corrected chi connectivity index (χ0v) is 10.1. The zero-order chi connectivity index (χ0) is 14.0. The fourth-order valence-corrected chi connectivity index (χ4v) is 1.96.